The Morgan fingerprint density at radius 3 is 2.31 bits per heavy atom. The van der Waals surface area contributed by atoms with Gasteiger partial charge < -0.3 is 0 Å². The van der Waals surface area contributed by atoms with Gasteiger partial charge in [0.15, 0.2) is 5.82 Å². The largest absolute Gasteiger partial charge is 0.238 e. The van der Waals surface area contributed by atoms with Crippen LogP contribution < -0.4 is 0 Å². The first-order valence-corrected chi connectivity index (χ1v) is 10.4. The molecule has 0 N–H and O–H groups in total. The van der Waals surface area contributed by atoms with Gasteiger partial charge in [0.05, 0.1) is 11.4 Å². The van der Waals surface area contributed by atoms with Crippen LogP contribution in [0.1, 0.15) is 22.0 Å². The lowest BCUT2D eigenvalue weighted by Crippen LogP contribution is -2.00. The average molecular weight is 401 g/mol. The Hall–Kier alpha value is -3.32. The summed E-state index contributed by atoms with van der Waals surface area (Å²) < 4.78 is 3.87. The normalized spacial score (nSPS) is 11.4. The van der Waals surface area contributed by atoms with Crippen LogP contribution in [0, 0.1) is 13.8 Å². The fourth-order valence-electron chi connectivity index (χ4n) is 3.61. The highest BCUT2D eigenvalue weighted by atomic mass is 32.1. The fourth-order valence-corrected chi connectivity index (χ4v) is 4.45. The third-order valence-corrected chi connectivity index (χ3v) is 6.05. The minimum Gasteiger partial charge on any atom is -0.238 e. The molecule has 0 saturated heterocycles. The van der Waals surface area contributed by atoms with E-state index in [1.807, 2.05) is 57.7 Å². The molecule has 0 aliphatic rings. The number of para-hydroxylation sites is 1. The second-order valence-electron chi connectivity index (χ2n) is 6.98. The summed E-state index contributed by atoms with van der Waals surface area (Å²) in [6, 6.07) is 20.3. The summed E-state index contributed by atoms with van der Waals surface area (Å²) in [5.74, 6) is 0.785. The Kier molecular flexibility index (Phi) is 4.44. The molecule has 0 saturated carbocycles. The minimum absolute atomic E-state index is 0.785. The lowest BCUT2D eigenvalue weighted by atomic mass is 10.1. The number of aryl methyl sites for hydroxylation is 2. The molecule has 7 heteroatoms. The highest BCUT2D eigenvalue weighted by molar-refractivity contribution is 7.16. The Bertz CT molecular complexity index is 1270. The summed E-state index contributed by atoms with van der Waals surface area (Å²) in [5, 5.41) is 19.2. The van der Waals surface area contributed by atoms with Crippen LogP contribution in [-0.4, -0.2) is 29.6 Å². The molecule has 0 aliphatic carbocycles. The SMILES string of the molecule is Cc1nn(-c2ccccc2)c(C)c1CCc1nn2c(-c3ccccc3)nnc2s1. The summed E-state index contributed by atoms with van der Waals surface area (Å²) >= 11 is 1.60. The van der Waals surface area contributed by atoms with E-state index in [0.717, 1.165) is 45.6 Å². The van der Waals surface area contributed by atoms with Crippen LogP contribution in [-0.2, 0) is 12.8 Å². The molecule has 0 spiro atoms. The number of aromatic nitrogens is 6. The molecular formula is C22H20N6S. The Labute approximate surface area is 172 Å². The van der Waals surface area contributed by atoms with E-state index in [4.69, 9.17) is 10.2 Å². The van der Waals surface area contributed by atoms with E-state index in [9.17, 15) is 0 Å². The molecule has 144 valence electrons. The van der Waals surface area contributed by atoms with Crippen molar-refractivity contribution in [3.63, 3.8) is 0 Å². The molecule has 0 bridgehead atoms. The van der Waals surface area contributed by atoms with Crippen LogP contribution in [0.3, 0.4) is 0 Å². The summed E-state index contributed by atoms with van der Waals surface area (Å²) in [4.78, 5) is 0.826. The van der Waals surface area contributed by atoms with Crippen molar-refractivity contribution in [2.45, 2.75) is 26.7 Å². The van der Waals surface area contributed by atoms with Gasteiger partial charge in [0, 0.05) is 17.7 Å². The van der Waals surface area contributed by atoms with Crippen molar-refractivity contribution >= 4 is 16.3 Å². The van der Waals surface area contributed by atoms with Crippen molar-refractivity contribution < 1.29 is 0 Å². The van der Waals surface area contributed by atoms with Crippen molar-refractivity contribution in [1.82, 2.24) is 29.6 Å². The first-order chi connectivity index (χ1) is 14.2. The van der Waals surface area contributed by atoms with Crippen LogP contribution in [0.4, 0.5) is 0 Å². The lowest BCUT2D eigenvalue weighted by molar-refractivity contribution is 0.829. The highest BCUT2D eigenvalue weighted by Gasteiger charge is 2.16. The highest BCUT2D eigenvalue weighted by Crippen LogP contribution is 2.24. The predicted octanol–water partition coefficient (Wildman–Crippen LogP) is 4.44. The molecule has 6 nitrogen and oxygen atoms in total. The molecule has 29 heavy (non-hydrogen) atoms. The van der Waals surface area contributed by atoms with Gasteiger partial charge in [0.25, 0.3) is 0 Å². The zero-order chi connectivity index (χ0) is 19.8. The van der Waals surface area contributed by atoms with Gasteiger partial charge >= 0.3 is 0 Å². The molecular weight excluding hydrogens is 380 g/mol. The van der Waals surface area contributed by atoms with Crippen LogP contribution in [0.5, 0.6) is 0 Å². The van der Waals surface area contributed by atoms with Crippen LogP contribution in [0.15, 0.2) is 60.7 Å². The van der Waals surface area contributed by atoms with Crippen molar-refractivity contribution in [1.29, 1.82) is 0 Å². The molecule has 0 unspecified atom stereocenters. The lowest BCUT2D eigenvalue weighted by Gasteiger charge is -2.04. The number of hydrogen-bond acceptors (Lipinski definition) is 5. The minimum atomic E-state index is 0.785. The van der Waals surface area contributed by atoms with E-state index < -0.39 is 0 Å². The maximum atomic E-state index is 4.77. The Morgan fingerprint density at radius 1 is 0.828 bits per heavy atom. The number of benzene rings is 2. The van der Waals surface area contributed by atoms with Gasteiger partial charge in [-0.1, -0.05) is 59.9 Å². The maximum absolute atomic E-state index is 4.77. The third-order valence-electron chi connectivity index (χ3n) is 5.10. The summed E-state index contributed by atoms with van der Waals surface area (Å²) in [5.41, 5.74) is 5.64. The molecule has 0 aliphatic heterocycles. The summed E-state index contributed by atoms with van der Waals surface area (Å²) in [6.45, 7) is 4.21. The van der Waals surface area contributed by atoms with Crippen molar-refractivity contribution in [2.24, 2.45) is 0 Å². The van der Waals surface area contributed by atoms with Gasteiger partial charge in [-0.15, -0.1) is 10.2 Å². The monoisotopic (exact) mass is 400 g/mol. The predicted molar refractivity (Wildman–Crippen MR) is 115 cm³/mol. The number of rotatable bonds is 5. The van der Waals surface area contributed by atoms with E-state index in [1.165, 1.54) is 11.3 Å². The van der Waals surface area contributed by atoms with E-state index >= 15 is 0 Å². The zero-order valence-electron chi connectivity index (χ0n) is 16.3. The Balaban J connectivity index is 1.40. The fraction of sp³-hybridized carbons (Fsp3) is 0.182. The van der Waals surface area contributed by atoms with Gasteiger partial charge in [-0.2, -0.15) is 14.7 Å². The molecule has 3 heterocycles. The molecule has 5 aromatic rings. The van der Waals surface area contributed by atoms with E-state index in [2.05, 4.69) is 36.2 Å². The average Bonchev–Trinajstić information content (AvgIpc) is 3.41. The van der Waals surface area contributed by atoms with Crippen molar-refractivity contribution in [2.75, 3.05) is 0 Å². The van der Waals surface area contributed by atoms with Gasteiger partial charge in [-0.05, 0) is 38.0 Å². The second-order valence-corrected chi connectivity index (χ2v) is 8.02. The Morgan fingerprint density at radius 2 is 1.55 bits per heavy atom. The van der Waals surface area contributed by atoms with Gasteiger partial charge in [0.1, 0.15) is 5.01 Å². The molecule has 0 atom stereocenters. The zero-order valence-corrected chi connectivity index (χ0v) is 17.1. The number of hydrogen-bond donors (Lipinski definition) is 0. The molecule has 3 aromatic heterocycles. The van der Waals surface area contributed by atoms with Crippen molar-refractivity contribution in [3.05, 3.63) is 82.6 Å². The molecule has 0 radical (unpaired) electrons. The van der Waals surface area contributed by atoms with Crippen LogP contribution in [0.25, 0.3) is 22.0 Å². The molecule has 2 aromatic carbocycles. The third kappa shape index (κ3) is 3.23. The quantitative estimate of drug-likeness (QED) is 0.438. The number of nitrogens with zero attached hydrogens (tertiary/aromatic N) is 6. The summed E-state index contributed by atoms with van der Waals surface area (Å²) in [7, 11) is 0. The molecule has 0 amide bonds. The van der Waals surface area contributed by atoms with Gasteiger partial charge in [-0.25, -0.2) is 4.68 Å². The van der Waals surface area contributed by atoms with E-state index in [1.54, 1.807) is 11.3 Å². The maximum Gasteiger partial charge on any atom is 0.234 e. The molecule has 5 rings (SSSR count). The standard InChI is InChI=1S/C22H20N6S/c1-15-19(16(2)27(25-15)18-11-7-4-8-12-18)13-14-20-26-28-21(23-24-22(28)29-20)17-9-5-3-6-10-17/h3-12H,13-14H2,1-2H3. The topological polar surface area (TPSA) is 60.9 Å². The van der Waals surface area contributed by atoms with Crippen molar-refractivity contribution in [3.8, 4) is 17.1 Å². The van der Waals surface area contributed by atoms with Crippen LogP contribution in [0.2, 0.25) is 0 Å². The van der Waals surface area contributed by atoms with Crippen LogP contribution >= 0.6 is 11.3 Å². The van der Waals surface area contributed by atoms with E-state index in [-0.39, 0.29) is 0 Å². The summed E-state index contributed by atoms with van der Waals surface area (Å²) in [6.07, 6.45) is 1.75. The van der Waals surface area contributed by atoms with Gasteiger partial charge in [-0.3, -0.25) is 0 Å². The van der Waals surface area contributed by atoms with E-state index in [0.29, 0.717) is 0 Å². The molecule has 0 fully saturated rings. The number of fused-ring (bicyclic) bond motifs is 1. The second kappa shape index (κ2) is 7.25. The smallest absolute Gasteiger partial charge is 0.234 e. The first-order valence-electron chi connectivity index (χ1n) is 9.58. The first kappa shape index (κ1) is 17.8. The van der Waals surface area contributed by atoms with Gasteiger partial charge in [0.2, 0.25) is 4.96 Å².